The van der Waals surface area contributed by atoms with Crippen molar-refractivity contribution in [3.8, 4) is 11.4 Å². The second kappa shape index (κ2) is 8.89. The highest BCUT2D eigenvalue weighted by atomic mass is 19.4. The molecule has 0 unspecified atom stereocenters. The van der Waals surface area contributed by atoms with Crippen molar-refractivity contribution >= 4 is 23.0 Å². The van der Waals surface area contributed by atoms with Gasteiger partial charge in [-0.3, -0.25) is 0 Å². The van der Waals surface area contributed by atoms with E-state index in [9.17, 15) is 27.5 Å². The van der Waals surface area contributed by atoms with Crippen LogP contribution in [0.15, 0.2) is 48.5 Å². The first-order chi connectivity index (χ1) is 17.1. The first-order valence-corrected chi connectivity index (χ1v) is 11.3. The molecule has 7 nitrogen and oxygen atoms in total. The highest BCUT2D eigenvalue weighted by Gasteiger charge is 2.33. The van der Waals surface area contributed by atoms with Crippen molar-refractivity contribution in [2.75, 3.05) is 5.32 Å². The van der Waals surface area contributed by atoms with Crippen LogP contribution >= 0.6 is 0 Å². The molecule has 0 amide bonds. The van der Waals surface area contributed by atoms with Gasteiger partial charge in [-0.25, -0.2) is 24.1 Å². The third kappa shape index (κ3) is 4.73. The lowest BCUT2D eigenvalue weighted by Gasteiger charge is -2.15. The second-order valence-electron chi connectivity index (χ2n) is 8.84. The Hall–Kier alpha value is -4.02. The zero-order valence-electron chi connectivity index (χ0n) is 19.1. The SMILES string of the molecule is Cc1cccc(-c2nc3nc(C(=O)O)nc(N[C@@H](F)C4CC4)c3n2Cc2ccc(C(F)(F)F)cc2)c1. The van der Waals surface area contributed by atoms with Crippen LogP contribution in [0.25, 0.3) is 22.6 Å². The van der Waals surface area contributed by atoms with Gasteiger partial charge in [-0.1, -0.05) is 35.9 Å². The minimum Gasteiger partial charge on any atom is -0.475 e. The van der Waals surface area contributed by atoms with E-state index in [0.717, 1.165) is 17.7 Å². The molecule has 2 heterocycles. The normalized spacial score (nSPS) is 14.7. The fraction of sp³-hybridized carbons (Fsp3) is 0.280. The molecule has 1 atom stereocenters. The third-order valence-electron chi connectivity index (χ3n) is 6.00. The number of rotatable bonds is 7. The van der Waals surface area contributed by atoms with Crippen LogP contribution in [0.2, 0.25) is 0 Å². The molecule has 0 aliphatic heterocycles. The maximum absolute atomic E-state index is 14.8. The number of nitrogens with zero attached hydrogens (tertiary/aromatic N) is 4. The van der Waals surface area contributed by atoms with Gasteiger partial charge in [-0.2, -0.15) is 13.2 Å². The van der Waals surface area contributed by atoms with E-state index >= 15 is 0 Å². The summed E-state index contributed by atoms with van der Waals surface area (Å²) in [6.07, 6.45) is -4.51. The van der Waals surface area contributed by atoms with Crippen molar-refractivity contribution in [2.45, 2.75) is 38.8 Å². The number of halogens is 4. The van der Waals surface area contributed by atoms with E-state index < -0.39 is 29.8 Å². The number of anilines is 1. The molecule has 1 aliphatic carbocycles. The Balaban J connectivity index is 1.69. The van der Waals surface area contributed by atoms with Crippen molar-refractivity contribution < 1.29 is 27.5 Å². The van der Waals surface area contributed by atoms with Gasteiger partial charge in [0.1, 0.15) is 11.3 Å². The molecule has 186 valence electrons. The fourth-order valence-corrected chi connectivity index (χ4v) is 4.01. The number of imidazole rings is 1. The van der Waals surface area contributed by atoms with Crippen molar-refractivity contribution in [2.24, 2.45) is 5.92 Å². The number of benzene rings is 2. The highest BCUT2D eigenvalue weighted by molar-refractivity contribution is 5.92. The zero-order valence-corrected chi connectivity index (χ0v) is 19.1. The van der Waals surface area contributed by atoms with Gasteiger partial charge in [0, 0.05) is 18.0 Å². The van der Waals surface area contributed by atoms with Gasteiger partial charge in [-0.05, 0) is 43.5 Å². The summed E-state index contributed by atoms with van der Waals surface area (Å²) in [6, 6.07) is 12.1. The number of alkyl halides is 4. The van der Waals surface area contributed by atoms with Crippen LogP contribution in [0.3, 0.4) is 0 Å². The summed E-state index contributed by atoms with van der Waals surface area (Å²) in [5, 5.41) is 12.2. The minimum absolute atomic E-state index is 0.0323. The van der Waals surface area contributed by atoms with Gasteiger partial charge in [0.2, 0.25) is 5.82 Å². The summed E-state index contributed by atoms with van der Waals surface area (Å²) in [4.78, 5) is 24.3. The summed E-state index contributed by atoms with van der Waals surface area (Å²) >= 11 is 0. The molecule has 4 aromatic rings. The number of hydrogen-bond acceptors (Lipinski definition) is 5. The number of aryl methyl sites for hydroxylation is 1. The molecule has 1 saturated carbocycles. The maximum atomic E-state index is 14.8. The Morgan fingerprint density at radius 3 is 2.47 bits per heavy atom. The van der Waals surface area contributed by atoms with Crippen LogP contribution < -0.4 is 5.32 Å². The number of carboxylic acids is 1. The number of hydrogen-bond donors (Lipinski definition) is 2. The molecule has 0 spiro atoms. The summed E-state index contributed by atoms with van der Waals surface area (Å²) in [5.74, 6) is -1.77. The number of nitrogens with one attached hydrogen (secondary N) is 1. The molecule has 2 aromatic heterocycles. The number of aromatic nitrogens is 4. The summed E-state index contributed by atoms with van der Waals surface area (Å²) in [7, 11) is 0. The monoisotopic (exact) mass is 499 g/mol. The summed E-state index contributed by atoms with van der Waals surface area (Å²) < 4.78 is 55.6. The number of fused-ring (bicyclic) bond motifs is 1. The quantitative estimate of drug-likeness (QED) is 0.251. The van der Waals surface area contributed by atoms with Crippen LogP contribution in [0.5, 0.6) is 0 Å². The zero-order chi connectivity index (χ0) is 25.6. The first kappa shape index (κ1) is 23.7. The standard InChI is InChI=1S/C25H21F4N5O2/c1-13-3-2-4-16(11-13)23-33-21-18(34(23)12-14-5-9-17(10-6-14)25(27,28)29)20(30-19(26)15-7-8-15)31-22(32-21)24(35)36/h2-6,9-11,15,19H,7-8,12H2,1H3,(H,35,36)(H,30,31,32)/t19-/m1/s1. The molecule has 0 radical (unpaired) electrons. The predicted octanol–water partition coefficient (Wildman–Crippen LogP) is 5.68. The van der Waals surface area contributed by atoms with Crippen molar-refractivity contribution in [1.29, 1.82) is 0 Å². The van der Waals surface area contributed by atoms with E-state index in [1.54, 1.807) is 10.6 Å². The largest absolute Gasteiger partial charge is 0.475 e. The molecule has 0 bridgehead atoms. The van der Waals surface area contributed by atoms with E-state index in [4.69, 9.17) is 0 Å². The smallest absolute Gasteiger partial charge is 0.416 e. The van der Waals surface area contributed by atoms with E-state index in [1.807, 2.05) is 25.1 Å². The van der Waals surface area contributed by atoms with Crippen LogP contribution in [0.4, 0.5) is 23.4 Å². The van der Waals surface area contributed by atoms with E-state index in [0.29, 0.717) is 29.8 Å². The van der Waals surface area contributed by atoms with Gasteiger partial charge in [0.25, 0.3) is 0 Å². The number of aromatic carboxylic acids is 1. The Morgan fingerprint density at radius 2 is 1.86 bits per heavy atom. The lowest BCUT2D eigenvalue weighted by molar-refractivity contribution is -0.137. The predicted molar refractivity (Wildman–Crippen MR) is 124 cm³/mol. The topological polar surface area (TPSA) is 92.9 Å². The molecule has 0 saturated heterocycles. The molecule has 1 fully saturated rings. The van der Waals surface area contributed by atoms with E-state index in [2.05, 4.69) is 20.3 Å². The molecule has 36 heavy (non-hydrogen) atoms. The number of carbonyl (C=O) groups is 1. The van der Waals surface area contributed by atoms with Gasteiger partial charge in [0.05, 0.1) is 5.56 Å². The Kier molecular flexibility index (Phi) is 5.85. The van der Waals surface area contributed by atoms with Crippen LogP contribution in [-0.2, 0) is 12.7 Å². The Morgan fingerprint density at radius 1 is 1.14 bits per heavy atom. The van der Waals surface area contributed by atoms with E-state index in [-0.39, 0.29) is 29.4 Å². The lowest BCUT2D eigenvalue weighted by Crippen LogP contribution is -2.19. The van der Waals surface area contributed by atoms with Crippen molar-refractivity contribution in [3.05, 3.63) is 71.0 Å². The minimum atomic E-state index is -4.47. The van der Waals surface area contributed by atoms with E-state index in [1.165, 1.54) is 12.1 Å². The van der Waals surface area contributed by atoms with Crippen molar-refractivity contribution in [1.82, 2.24) is 19.5 Å². The van der Waals surface area contributed by atoms with Gasteiger partial charge < -0.3 is 15.0 Å². The summed E-state index contributed by atoms with van der Waals surface area (Å²) in [5.41, 5.74) is 1.68. The molecule has 2 aromatic carbocycles. The van der Waals surface area contributed by atoms with Crippen molar-refractivity contribution in [3.63, 3.8) is 0 Å². The fourth-order valence-electron chi connectivity index (χ4n) is 4.01. The Labute approximate surface area is 202 Å². The van der Waals surface area contributed by atoms with Gasteiger partial charge in [-0.15, -0.1) is 0 Å². The molecular formula is C25H21F4N5O2. The molecule has 5 rings (SSSR count). The van der Waals surface area contributed by atoms with Crippen LogP contribution in [0.1, 0.15) is 40.2 Å². The average molecular weight is 499 g/mol. The summed E-state index contributed by atoms with van der Waals surface area (Å²) in [6.45, 7) is 1.97. The average Bonchev–Trinajstić information content (AvgIpc) is 3.61. The molecule has 1 aliphatic rings. The van der Waals surface area contributed by atoms with Crippen LogP contribution in [0, 0.1) is 12.8 Å². The third-order valence-corrected chi connectivity index (χ3v) is 6.00. The highest BCUT2D eigenvalue weighted by Crippen LogP contribution is 2.37. The lowest BCUT2D eigenvalue weighted by atomic mass is 10.1. The Bertz CT molecular complexity index is 1450. The molecular weight excluding hydrogens is 478 g/mol. The maximum Gasteiger partial charge on any atom is 0.416 e. The van der Waals surface area contributed by atoms with Gasteiger partial charge in [0.15, 0.2) is 17.8 Å². The second-order valence-corrected chi connectivity index (χ2v) is 8.84. The molecule has 2 N–H and O–H groups in total. The first-order valence-electron chi connectivity index (χ1n) is 11.3. The van der Waals surface area contributed by atoms with Gasteiger partial charge >= 0.3 is 12.1 Å². The molecule has 11 heteroatoms. The van der Waals surface area contributed by atoms with Crippen LogP contribution in [-0.4, -0.2) is 36.9 Å². The number of carboxylic acid groups (broad SMARTS) is 1.